The molecule has 76 valence electrons. The highest BCUT2D eigenvalue weighted by Crippen LogP contribution is 2.44. The van der Waals surface area contributed by atoms with E-state index in [1.54, 1.807) is 0 Å². The average molecular weight is 184 g/mol. The fourth-order valence-corrected chi connectivity index (χ4v) is 2.46. The van der Waals surface area contributed by atoms with Crippen molar-refractivity contribution in [2.24, 2.45) is 11.1 Å². The molecule has 13 heavy (non-hydrogen) atoms. The van der Waals surface area contributed by atoms with Gasteiger partial charge in [-0.2, -0.15) is 0 Å². The maximum atomic E-state index is 10.9. The largest absolute Gasteiger partial charge is 0.370 e. The fraction of sp³-hybridized carbons (Fsp3) is 0.900. The highest BCUT2D eigenvalue weighted by molar-refractivity contribution is 5.75. The zero-order valence-electron chi connectivity index (χ0n) is 8.81. The zero-order chi connectivity index (χ0) is 10.1. The molecule has 1 saturated carbocycles. The summed E-state index contributed by atoms with van der Waals surface area (Å²) in [5, 5.41) is 3.26. The first-order valence-electron chi connectivity index (χ1n) is 4.86. The predicted octanol–water partition coefficient (Wildman–Crippen LogP) is 1.03. The van der Waals surface area contributed by atoms with Crippen molar-refractivity contribution >= 4 is 5.91 Å². The van der Waals surface area contributed by atoms with Gasteiger partial charge in [0.05, 0.1) is 0 Å². The van der Waals surface area contributed by atoms with Gasteiger partial charge in [0.1, 0.15) is 0 Å². The molecule has 0 aromatic carbocycles. The number of carbonyl (C=O) groups is 1. The van der Waals surface area contributed by atoms with Gasteiger partial charge in [0.2, 0.25) is 5.91 Å². The third-order valence-corrected chi connectivity index (χ3v) is 3.14. The summed E-state index contributed by atoms with van der Waals surface area (Å²) in [5.41, 5.74) is 5.56. The molecule has 0 spiro atoms. The van der Waals surface area contributed by atoms with E-state index in [0.717, 1.165) is 12.8 Å². The number of amides is 1. The van der Waals surface area contributed by atoms with Crippen LogP contribution in [0.15, 0.2) is 0 Å². The second kappa shape index (κ2) is 3.29. The van der Waals surface area contributed by atoms with Crippen LogP contribution in [0.2, 0.25) is 0 Å². The standard InChI is InChI=1S/C10H20N2O/c1-9(2)4-5-10(7-9,12-3)6-8(11)13/h12H,4-7H2,1-3H3,(H2,11,13). The first-order valence-corrected chi connectivity index (χ1v) is 4.86. The summed E-state index contributed by atoms with van der Waals surface area (Å²) in [5.74, 6) is -0.202. The van der Waals surface area contributed by atoms with Crippen molar-refractivity contribution in [1.82, 2.24) is 5.32 Å². The van der Waals surface area contributed by atoms with Crippen molar-refractivity contribution in [3.8, 4) is 0 Å². The SMILES string of the molecule is CNC1(CC(N)=O)CCC(C)(C)C1. The minimum atomic E-state index is -0.202. The van der Waals surface area contributed by atoms with Crippen molar-refractivity contribution in [3.05, 3.63) is 0 Å². The van der Waals surface area contributed by atoms with Crippen LogP contribution in [0, 0.1) is 5.41 Å². The molecule has 0 aromatic heterocycles. The number of nitrogens with two attached hydrogens (primary N) is 1. The molecule has 3 N–H and O–H groups in total. The minimum absolute atomic E-state index is 0.0324. The van der Waals surface area contributed by atoms with Gasteiger partial charge < -0.3 is 11.1 Å². The summed E-state index contributed by atoms with van der Waals surface area (Å²) in [4.78, 5) is 10.9. The second-order valence-corrected chi connectivity index (χ2v) is 5.01. The lowest BCUT2D eigenvalue weighted by Gasteiger charge is -2.29. The third kappa shape index (κ3) is 2.44. The summed E-state index contributed by atoms with van der Waals surface area (Å²) in [6.45, 7) is 4.49. The molecule has 0 aliphatic heterocycles. The van der Waals surface area contributed by atoms with Crippen molar-refractivity contribution in [2.45, 2.75) is 45.1 Å². The molecule has 0 bridgehead atoms. The monoisotopic (exact) mass is 184 g/mol. The van der Waals surface area contributed by atoms with Crippen LogP contribution in [0.4, 0.5) is 0 Å². The molecular weight excluding hydrogens is 164 g/mol. The van der Waals surface area contributed by atoms with Gasteiger partial charge in [-0.05, 0) is 31.7 Å². The Morgan fingerprint density at radius 1 is 1.46 bits per heavy atom. The van der Waals surface area contributed by atoms with Crippen LogP contribution in [-0.2, 0) is 4.79 Å². The van der Waals surface area contributed by atoms with Gasteiger partial charge in [-0.15, -0.1) is 0 Å². The van der Waals surface area contributed by atoms with E-state index in [4.69, 9.17) is 5.73 Å². The molecule has 1 fully saturated rings. The Kier molecular flexibility index (Phi) is 2.66. The molecule has 0 heterocycles. The lowest BCUT2D eigenvalue weighted by atomic mass is 9.86. The molecule has 1 rings (SSSR count). The smallest absolute Gasteiger partial charge is 0.219 e. The third-order valence-electron chi connectivity index (χ3n) is 3.14. The highest BCUT2D eigenvalue weighted by Gasteiger charge is 2.42. The maximum Gasteiger partial charge on any atom is 0.219 e. The van der Waals surface area contributed by atoms with Gasteiger partial charge in [-0.25, -0.2) is 0 Å². The Morgan fingerprint density at radius 2 is 2.08 bits per heavy atom. The number of rotatable bonds is 3. The van der Waals surface area contributed by atoms with Gasteiger partial charge in [0, 0.05) is 12.0 Å². The molecule has 1 atom stereocenters. The minimum Gasteiger partial charge on any atom is -0.370 e. The van der Waals surface area contributed by atoms with E-state index in [0.29, 0.717) is 11.8 Å². The van der Waals surface area contributed by atoms with E-state index >= 15 is 0 Å². The van der Waals surface area contributed by atoms with Crippen LogP contribution in [0.25, 0.3) is 0 Å². The van der Waals surface area contributed by atoms with Gasteiger partial charge in [-0.3, -0.25) is 4.79 Å². The Hall–Kier alpha value is -0.570. The number of nitrogens with one attached hydrogen (secondary N) is 1. The number of carbonyl (C=O) groups excluding carboxylic acids is 1. The van der Waals surface area contributed by atoms with Gasteiger partial charge >= 0.3 is 0 Å². The quantitative estimate of drug-likeness (QED) is 0.688. The molecular formula is C10H20N2O. The van der Waals surface area contributed by atoms with E-state index in [1.165, 1.54) is 6.42 Å². The summed E-state index contributed by atoms with van der Waals surface area (Å²) in [6.07, 6.45) is 3.73. The Balaban J connectivity index is 2.68. The van der Waals surface area contributed by atoms with Crippen LogP contribution in [0.1, 0.15) is 39.5 Å². The average Bonchev–Trinajstić information content (AvgIpc) is 2.26. The molecule has 1 unspecified atom stereocenters. The fourth-order valence-electron chi connectivity index (χ4n) is 2.46. The van der Waals surface area contributed by atoms with Gasteiger partial charge in [0.25, 0.3) is 0 Å². The van der Waals surface area contributed by atoms with Crippen LogP contribution < -0.4 is 11.1 Å². The summed E-state index contributed by atoms with van der Waals surface area (Å²) in [6, 6.07) is 0. The van der Waals surface area contributed by atoms with E-state index in [2.05, 4.69) is 19.2 Å². The van der Waals surface area contributed by atoms with Crippen LogP contribution in [0.5, 0.6) is 0 Å². The van der Waals surface area contributed by atoms with Crippen molar-refractivity contribution in [2.75, 3.05) is 7.05 Å². The van der Waals surface area contributed by atoms with Gasteiger partial charge in [-0.1, -0.05) is 13.8 Å². The van der Waals surface area contributed by atoms with Crippen LogP contribution in [-0.4, -0.2) is 18.5 Å². The highest BCUT2D eigenvalue weighted by atomic mass is 16.1. The molecule has 0 radical (unpaired) electrons. The number of hydrogen-bond acceptors (Lipinski definition) is 2. The Bertz CT molecular complexity index is 213. The molecule has 3 nitrogen and oxygen atoms in total. The van der Waals surface area contributed by atoms with E-state index in [1.807, 2.05) is 7.05 Å². The Morgan fingerprint density at radius 3 is 2.38 bits per heavy atom. The molecule has 1 amide bonds. The van der Waals surface area contributed by atoms with Crippen LogP contribution in [0.3, 0.4) is 0 Å². The number of hydrogen-bond donors (Lipinski definition) is 2. The summed E-state index contributed by atoms with van der Waals surface area (Å²) >= 11 is 0. The lowest BCUT2D eigenvalue weighted by molar-refractivity contribution is -0.119. The molecule has 0 aromatic rings. The second-order valence-electron chi connectivity index (χ2n) is 5.01. The maximum absolute atomic E-state index is 10.9. The topological polar surface area (TPSA) is 55.1 Å². The van der Waals surface area contributed by atoms with Crippen molar-refractivity contribution in [1.29, 1.82) is 0 Å². The molecule has 1 aliphatic rings. The Labute approximate surface area is 80.1 Å². The normalized spacial score (nSPS) is 31.9. The predicted molar refractivity (Wildman–Crippen MR) is 53.2 cm³/mol. The first-order chi connectivity index (χ1) is 5.89. The molecule has 1 aliphatic carbocycles. The van der Waals surface area contributed by atoms with E-state index < -0.39 is 0 Å². The molecule has 3 heteroatoms. The van der Waals surface area contributed by atoms with Gasteiger partial charge in [0.15, 0.2) is 0 Å². The van der Waals surface area contributed by atoms with E-state index in [-0.39, 0.29) is 11.4 Å². The van der Waals surface area contributed by atoms with Crippen molar-refractivity contribution in [3.63, 3.8) is 0 Å². The zero-order valence-corrected chi connectivity index (χ0v) is 8.81. The molecule has 0 saturated heterocycles. The lowest BCUT2D eigenvalue weighted by Crippen LogP contribution is -2.44. The number of primary amides is 1. The van der Waals surface area contributed by atoms with Crippen molar-refractivity contribution < 1.29 is 4.79 Å². The summed E-state index contributed by atoms with van der Waals surface area (Å²) in [7, 11) is 1.92. The van der Waals surface area contributed by atoms with E-state index in [9.17, 15) is 4.79 Å². The van der Waals surface area contributed by atoms with Crippen LogP contribution >= 0.6 is 0 Å². The summed E-state index contributed by atoms with van der Waals surface area (Å²) < 4.78 is 0. The first kappa shape index (κ1) is 10.5.